The predicted molar refractivity (Wildman–Crippen MR) is 98.5 cm³/mol. The van der Waals surface area contributed by atoms with Gasteiger partial charge in [-0.3, -0.25) is 24.6 Å². The highest BCUT2D eigenvalue weighted by molar-refractivity contribution is 5.92. The molecule has 11 nitrogen and oxygen atoms in total. The van der Waals surface area contributed by atoms with Crippen LogP contribution in [0.4, 0.5) is 5.88 Å². The molecule has 0 aromatic carbocycles. The van der Waals surface area contributed by atoms with Crippen molar-refractivity contribution in [3.8, 4) is 0 Å². The number of carbonyl (C=O) groups excluding carboxylic acids is 2. The number of amides is 2. The van der Waals surface area contributed by atoms with E-state index in [1.807, 2.05) is 0 Å². The summed E-state index contributed by atoms with van der Waals surface area (Å²) in [4.78, 5) is 37.9. The largest absolute Gasteiger partial charge is 0.433 e. The van der Waals surface area contributed by atoms with Crippen molar-refractivity contribution in [2.75, 3.05) is 39.3 Å². The Morgan fingerprint density at radius 1 is 1.29 bits per heavy atom. The maximum Gasteiger partial charge on any atom is 0.433 e. The van der Waals surface area contributed by atoms with Crippen molar-refractivity contribution in [2.45, 2.75) is 6.92 Å². The van der Waals surface area contributed by atoms with Gasteiger partial charge in [-0.15, -0.1) is 12.4 Å². The van der Waals surface area contributed by atoms with Crippen molar-refractivity contribution in [3.05, 3.63) is 45.5 Å². The Bertz CT molecular complexity index is 842. The van der Waals surface area contributed by atoms with Gasteiger partial charge in [0.2, 0.25) is 0 Å². The minimum atomic E-state index is -0.697. The maximum atomic E-state index is 12.3. The molecule has 1 saturated heterocycles. The lowest BCUT2D eigenvalue weighted by molar-refractivity contribution is -0.402. The summed E-state index contributed by atoms with van der Waals surface area (Å²) in [6.45, 7) is 5.15. The molecule has 0 spiro atoms. The number of nitro groups is 1. The number of nitrogens with one attached hydrogen (secondary N) is 1. The third-order valence-electron chi connectivity index (χ3n) is 4.22. The Balaban J connectivity index is 0.00000280. The summed E-state index contributed by atoms with van der Waals surface area (Å²) >= 11 is 0. The van der Waals surface area contributed by atoms with Gasteiger partial charge in [-0.1, -0.05) is 5.16 Å². The molecule has 1 fully saturated rings. The smallest absolute Gasteiger partial charge is 0.395 e. The first-order valence-corrected chi connectivity index (χ1v) is 8.41. The molecule has 152 valence electrons. The summed E-state index contributed by atoms with van der Waals surface area (Å²) in [6, 6.07) is 4.02. The fourth-order valence-electron chi connectivity index (χ4n) is 2.77. The first kappa shape index (κ1) is 21.4. The average Bonchev–Trinajstić information content (AvgIpc) is 3.31. The topological polar surface area (TPSA) is 135 Å². The highest BCUT2D eigenvalue weighted by atomic mass is 35.5. The SMILES string of the molecule is Cc1cc(C(=O)N2CCN(CCNC(=O)c3ccc([N+](=O)[O-])o3)CC2)no1.Cl. The Hall–Kier alpha value is -2.92. The molecule has 0 bridgehead atoms. The number of hydrogen-bond donors (Lipinski definition) is 1. The molecule has 2 aromatic rings. The molecule has 12 heteroatoms. The number of carbonyl (C=O) groups is 2. The molecule has 2 amide bonds. The van der Waals surface area contributed by atoms with Crippen LogP contribution in [-0.2, 0) is 0 Å². The normalized spacial score (nSPS) is 14.4. The molecule has 28 heavy (non-hydrogen) atoms. The summed E-state index contributed by atoms with van der Waals surface area (Å²) in [7, 11) is 0. The van der Waals surface area contributed by atoms with Crippen LogP contribution in [-0.4, -0.2) is 71.0 Å². The van der Waals surface area contributed by atoms with Gasteiger partial charge < -0.3 is 19.2 Å². The number of aryl methyl sites for hydroxylation is 1. The van der Waals surface area contributed by atoms with Crippen molar-refractivity contribution < 1.29 is 23.5 Å². The summed E-state index contributed by atoms with van der Waals surface area (Å²) in [6.07, 6.45) is 0. The second kappa shape index (κ2) is 9.33. The van der Waals surface area contributed by atoms with Crippen LogP contribution in [0.1, 0.15) is 26.8 Å². The molecule has 1 aliphatic rings. The Morgan fingerprint density at radius 3 is 2.57 bits per heavy atom. The average molecular weight is 414 g/mol. The van der Waals surface area contributed by atoms with Crippen molar-refractivity contribution >= 4 is 30.1 Å². The molecule has 3 heterocycles. The monoisotopic (exact) mass is 413 g/mol. The van der Waals surface area contributed by atoms with E-state index in [0.29, 0.717) is 50.7 Å². The lowest BCUT2D eigenvalue weighted by atomic mass is 10.2. The van der Waals surface area contributed by atoms with Gasteiger partial charge in [0, 0.05) is 45.3 Å². The Labute approximate surface area is 166 Å². The second-order valence-corrected chi connectivity index (χ2v) is 6.11. The van der Waals surface area contributed by atoms with Gasteiger partial charge in [0.05, 0.1) is 6.07 Å². The molecular formula is C16H20ClN5O6. The lowest BCUT2D eigenvalue weighted by Crippen LogP contribution is -2.50. The van der Waals surface area contributed by atoms with Gasteiger partial charge in [0.25, 0.3) is 11.8 Å². The van der Waals surface area contributed by atoms with Crippen LogP contribution in [0.3, 0.4) is 0 Å². The molecule has 0 unspecified atom stereocenters. The zero-order valence-electron chi connectivity index (χ0n) is 15.1. The van der Waals surface area contributed by atoms with Crippen molar-refractivity contribution in [3.63, 3.8) is 0 Å². The number of rotatable bonds is 6. The van der Waals surface area contributed by atoms with E-state index in [0.717, 1.165) is 6.07 Å². The van der Waals surface area contributed by atoms with E-state index in [4.69, 9.17) is 8.94 Å². The first-order chi connectivity index (χ1) is 12.9. The maximum absolute atomic E-state index is 12.3. The second-order valence-electron chi connectivity index (χ2n) is 6.11. The summed E-state index contributed by atoms with van der Waals surface area (Å²) in [5, 5.41) is 17.0. The van der Waals surface area contributed by atoms with Gasteiger partial charge >= 0.3 is 5.88 Å². The van der Waals surface area contributed by atoms with E-state index >= 15 is 0 Å². The van der Waals surface area contributed by atoms with Crippen LogP contribution < -0.4 is 5.32 Å². The number of furan rings is 1. The Morgan fingerprint density at radius 2 is 2.00 bits per heavy atom. The molecule has 3 rings (SSSR count). The van der Waals surface area contributed by atoms with E-state index in [9.17, 15) is 19.7 Å². The van der Waals surface area contributed by atoms with Crippen molar-refractivity contribution in [2.24, 2.45) is 0 Å². The van der Waals surface area contributed by atoms with Crippen LogP contribution in [0.25, 0.3) is 0 Å². The van der Waals surface area contributed by atoms with Gasteiger partial charge in [-0.2, -0.15) is 0 Å². The highest BCUT2D eigenvalue weighted by Gasteiger charge is 2.24. The standard InChI is InChI=1S/C16H19N5O6.ClH/c1-11-10-12(18-27-11)16(23)20-8-6-19(7-9-20)5-4-17-15(22)13-2-3-14(26-13)21(24)25;/h2-3,10H,4-9H2,1H3,(H,17,22);1H. The number of piperazine rings is 1. The van der Waals surface area contributed by atoms with E-state index < -0.39 is 16.7 Å². The molecule has 1 N–H and O–H groups in total. The third-order valence-corrected chi connectivity index (χ3v) is 4.22. The predicted octanol–water partition coefficient (Wildman–Crippen LogP) is 1.09. The van der Waals surface area contributed by atoms with Crippen LogP contribution in [0.15, 0.2) is 27.1 Å². The van der Waals surface area contributed by atoms with Crippen LogP contribution in [0.2, 0.25) is 0 Å². The highest BCUT2D eigenvalue weighted by Crippen LogP contribution is 2.15. The summed E-state index contributed by atoms with van der Waals surface area (Å²) in [5.74, 6) is -0.629. The zero-order valence-corrected chi connectivity index (χ0v) is 15.9. The van der Waals surface area contributed by atoms with E-state index in [2.05, 4.69) is 15.4 Å². The molecular weight excluding hydrogens is 394 g/mol. The zero-order chi connectivity index (χ0) is 19.4. The van der Waals surface area contributed by atoms with Crippen molar-refractivity contribution in [1.82, 2.24) is 20.3 Å². The van der Waals surface area contributed by atoms with E-state index in [1.165, 1.54) is 6.07 Å². The molecule has 0 radical (unpaired) electrons. The van der Waals surface area contributed by atoms with Crippen LogP contribution in [0, 0.1) is 17.0 Å². The van der Waals surface area contributed by atoms with E-state index in [1.54, 1.807) is 17.9 Å². The fourth-order valence-corrected chi connectivity index (χ4v) is 2.77. The number of nitrogens with zero attached hydrogens (tertiary/aromatic N) is 4. The number of halogens is 1. The van der Waals surface area contributed by atoms with Crippen LogP contribution in [0.5, 0.6) is 0 Å². The molecule has 0 saturated carbocycles. The molecule has 1 aliphatic heterocycles. The molecule has 0 aliphatic carbocycles. The quantitative estimate of drug-likeness (QED) is 0.549. The first-order valence-electron chi connectivity index (χ1n) is 8.41. The summed E-state index contributed by atoms with van der Waals surface area (Å²) < 4.78 is 9.78. The fraction of sp³-hybridized carbons (Fsp3) is 0.438. The third kappa shape index (κ3) is 5.08. The molecule has 0 atom stereocenters. The van der Waals surface area contributed by atoms with E-state index in [-0.39, 0.29) is 24.1 Å². The summed E-state index contributed by atoms with van der Waals surface area (Å²) in [5.41, 5.74) is 0.306. The van der Waals surface area contributed by atoms with Gasteiger partial charge in [-0.25, -0.2) is 0 Å². The van der Waals surface area contributed by atoms with Gasteiger partial charge in [-0.05, 0) is 13.0 Å². The number of aromatic nitrogens is 1. The lowest BCUT2D eigenvalue weighted by Gasteiger charge is -2.34. The Kier molecular flexibility index (Phi) is 7.12. The minimum absolute atomic E-state index is 0. The molecule has 2 aromatic heterocycles. The number of hydrogen-bond acceptors (Lipinski definition) is 8. The van der Waals surface area contributed by atoms with Crippen LogP contribution >= 0.6 is 12.4 Å². The van der Waals surface area contributed by atoms with Crippen molar-refractivity contribution in [1.29, 1.82) is 0 Å². The minimum Gasteiger partial charge on any atom is -0.395 e. The van der Waals surface area contributed by atoms with Gasteiger partial charge in [0.15, 0.2) is 11.5 Å². The van der Waals surface area contributed by atoms with Gasteiger partial charge in [0.1, 0.15) is 10.7 Å².